The van der Waals surface area contributed by atoms with Crippen LogP contribution in [0, 0.1) is 11.3 Å². The number of hydrogen-bond acceptors (Lipinski definition) is 3. The van der Waals surface area contributed by atoms with Crippen molar-refractivity contribution >= 4 is 6.03 Å². The summed E-state index contributed by atoms with van der Waals surface area (Å²) in [7, 11) is 3.96. The van der Waals surface area contributed by atoms with Gasteiger partial charge in [0.05, 0.1) is 11.5 Å². The van der Waals surface area contributed by atoms with Crippen LogP contribution in [-0.4, -0.2) is 56.1 Å². The van der Waals surface area contributed by atoms with E-state index < -0.39 is 5.41 Å². The summed E-state index contributed by atoms with van der Waals surface area (Å²) in [6.07, 6.45) is 1.38. The SMILES string of the molecule is CN(C)CCNC(=O)N1CCC(C#N)(c2ccccc2)CC1. The number of nitrogens with one attached hydrogen (secondary N) is 1. The number of piperidine rings is 1. The first-order valence-corrected chi connectivity index (χ1v) is 7.72. The molecule has 5 heteroatoms. The van der Waals surface area contributed by atoms with Gasteiger partial charge in [-0.05, 0) is 32.5 Å². The zero-order valence-corrected chi connectivity index (χ0v) is 13.4. The fourth-order valence-corrected chi connectivity index (χ4v) is 2.81. The summed E-state index contributed by atoms with van der Waals surface area (Å²) in [5.74, 6) is 0. The minimum absolute atomic E-state index is 0.0264. The number of amides is 2. The molecular formula is C17H24N4O. The third kappa shape index (κ3) is 3.77. The largest absolute Gasteiger partial charge is 0.337 e. The molecule has 0 bridgehead atoms. The van der Waals surface area contributed by atoms with Crippen LogP contribution < -0.4 is 5.32 Å². The molecular weight excluding hydrogens is 276 g/mol. The van der Waals surface area contributed by atoms with Gasteiger partial charge in [0.2, 0.25) is 0 Å². The molecule has 0 unspecified atom stereocenters. The van der Waals surface area contributed by atoms with Crippen molar-refractivity contribution in [2.24, 2.45) is 0 Å². The number of benzene rings is 1. The summed E-state index contributed by atoms with van der Waals surface area (Å²) < 4.78 is 0. The Morgan fingerprint density at radius 3 is 2.50 bits per heavy atom. The number of carbonyl (C=O) groups is 1. The van der Waals surface area contributed by atoms with Gasteiger partial charge in [0.15, 0.2) is 0 Å². The van der Waals surface area contributed by atoms with Crippen LogP contribution in [0.1, 0.15) is 18.4 Å². The molecule has 0 atom stereocenters. The topological polar surface area (TPSA) is 59.4 Å². The number of carbonyl (C=O) groups excluding carboxylic acids is 1. The highest BCUT2D eigenvalue weighted by Gasteiger charge is 2.37. The fraction of sp³-hybridized carbons (Fsp3) is 0.529. The average Bonchev–Trinajstić information content (AvgIpc) is 2.55. The molecule has 1 fully saturated rings. The first kappa shape index (κ1) is 16.3. The van der Waals surface area contributed by atoms with E-state index in [0.29, 0.717) is 32.5 Å². The fourth-order valence-electron chi connectivity index (χ4n) is 2.81. The van der Waals surface area contributed by atoms with Crippen LogP contribution in [0.5, 0.6) is 0 Å². The highest BCUT2D eigenvalue weighted by Crippen LogP contribution is 2.34. The Balaban J connectivity index is 1.92. The molecule has 1 heterocycles. The predicted molar refractivity (Wildman–Crippen MR) is 86.5 cm³/mol. The van der Waals surface area contributed by atoms with Gasteiger partial charge in [-0.1, -0.05) is 30.3 Å². The van der Waals surface area contributed by atoms with Gasteiger partial charge in [-0.2, -0.15) is 5.26 Å². The summed E-state index contributed by atoms with van der Waals surface area (Å²) >= 11 is 0. The van der Waals surface area contributed by atoms with E-state index >= 15 is 0 Å². The predicted octanol–water partition coefficient (Wildman–Crippen LogP) is 1.81. The molecule has 118 valence electrons. The molecule has 2 amide bonds. The third-order valence-corrected chi connectivity index (χ3v) is 4.28. The summed E-state index contributed by atoms with van der Waals surface area (Å²) in [4.78, 5) is 16.0. The normalized spacial score (nSPS) is 17.1. The smallest absolute Gasteiger partial charge is 0.317 e. The lowest BCUT2D eigenvalue weighted by molar-refractivity contribution is 0.170. The number of rotatable bonds is 4. The molecule has 5 nitrogen and oxygen atoms in total. The standard InChI is InChI=1S/C17H24N4O/c1-20(2)13-10-19-16(22)21-11-8-17(14-18,9-12-21)15-6-4-3-5-7-15/h3-7H,8-13H2,1-2H3,(H,19,22). The Morgan fingerprint density at radius 1 is 1.32 bits per heavy atom. The molecule has 0 radical (unpaired) electrons. The second-order valence-electron chi connectivity index (χ2n) is 6.08. The van der Waals surface area contributed by atoms with Crippen molar-refractivity contribution < 1.29 is 4.79 Å². The quantitative estimate of drug-likeness (QED) is 0.922. The highest BCUT2D eigenvalue weighted by molar-refractivity contribution is 5.74. The lowest BCUT2D eigenvalue weighted by Crippen LogP contribution is -2.49. The van der Waals surface area contributed by atoms with E-state index in [1.807, 2.05) is 54.2 Å². The van der Waals surface area contributed by atoms with Gasteiger partial charge < -0.3 is 15.1 Å². The van der Waals surface area contributed by atoms with Gasteiger partial charge in [0, 0.05) is 26.2 Å². The molecule has 1 aromatic carbocycles. The summed E-state index contributed by atoms with van der Waals surface area (Å²) in [5, 5.41) is 12.6. The number of likely N-dealkylation sites (tertiary alicyclic amines) is 1. The molecule has 2 rings (SSSR count). The maximum atomic E-state index is 12.1. The van der Waals surface area contributed by atoms with Crippen LogP contribution in [0.15, 0.2) is 30.3 Å². The van der Waals surface area contributed by atoms with Crippen LogP contribution in [-0.2, 0) is 5.41 Å². The van der Waals surface area contributed by atoms with Crippen molar-refractivity contribution in [3.63, 3.8) is 0 Å². The van der Waals surface area contributed by atoms with Gasteiger partial charge in [0.1, 0.15) is 0 Å². The minimum Gasteiger partial charge on any atom is -0.337 e. The Bertz CT molecular complexity index is 527. The van der Waals surface area contributed by atoms with Crippen molar-refractivity contribution in [1.29, 1.82) is 5.26 Å². The highest BCUT2D eigenvalue weighted by atomic mass is 16.2. The van der Waals surface area contributed by atoms with E-state index in [0.717, 1.165) is 12.1 Å². The monoisotopic (exact) mass is 300 g/mol. The summed E-state index contributed by atoms with van der Waals surface area (Å²) in [6.45, 7) is 2.71. The lowest BCUT2D eigenvalue weighted by Gasteiger charge is -2.37. The molecule has 0 saturated carbocycles. The number of urea groups is 1. The van der Waals surface area contributed by atoms with Gasteiger partial charge in [0.25, 0.3) is 0 Å². The van der Waals surface area contributed by atoms with Crippen LogP contribution in [0.3, 0.4) is 0 Å². The van der Waals surface area contributed by atoms with Crippen molar-refractivity contribution in [1.82, 2.24) is 15.1 Å². The average molecular weight is 300 g/mol. The van der Waals surface area contributed by atoms with Gasteiger partial charge in [-0.15, -0.1) is 0 Å². The van der Waals surface area contributed by atoms with Gasteiger partial charge in [-0.3, -0.25) is 0 Å². The molecule has 1 aliphatic rings. The molecule has 0 aliphatic carbocycles. The molecule has 0 spiro atoms. The van der Waals surface area contributed by atoms with E-state index in [-0.39, 0.29) is 6.03 Å². The second-order valence-corrected chi connectivity index (χ2v) is 6.08. The number of nitriles is 1. The first-order valence-electron chi connectivity index (χ1n) is 7.72. The van der Waals surface area contributed by atoms with Gasteiger partial charge in [-0.25, -0.2) is 4.79 Å². The van der Waals surface area contributed by atoms with E-state index in [1.54, 1.807) is 0 Å². The Labute approximate surface area is 132 Å². The first-order chi connectivity index (χ1) is 10.6. The van der Waals surface area contributed by atoms with Crippen molar-refractivity contribution in [3.8, 4) is 6.07 Å². The number of hydrogen-bond donors (Lipinski definition) is 1. The molecule has 1 saturated heterocycles. The van der Waals surface area contributed by atoms with E-state index in [9.17, 15) is 10.1 Å². The molecule has 1 aromatic rings. The Hall–Kier alpha value is -2.06. The van der Waals surface area contributed by atoms with Crippen molar-refractivity contribution in [3.05, 3.63) is 35.9 Å². The lowest BCUT2D eigenvalue weighted by atomic mass is 9.74. The molecule has 22 heavy (non-hydrogen) atoms. The zero-order valence-electron chi connectivity index (χ0n) is 13.4. The van der Waals surface area contributed by atoms with Crippen molar-refractivity contribution in [2.45, 2.75) is 18.3 Å². The summed E-state index contributed by atoms with van der Waals surface area (Å²) in [6, 6.07) is 12.4. The molecule has 1 aliphatic heterocycles. The van der Waals surface area contributed by atoms with E-state index in [4.69, 9.17) is 0 Å². The minimum atomic E-state index is -0.457. The third-order valence-electron chi connectivity index (χ3n) is 4.28. The maximum absolute atomic E-state index is 12.1. The maximum Gasteiger partial charge on any atom is 0.317 e. The Kier molecular flexibility index (Phi) is 5.40. The van der Waals surface area contributed by atoms with Crippen LogP contribution >= 0.6 is 0 Å². The van der Waals surface area contributed by atoms with Crippen LogP contribution in [0.2, 0.25) is 0 Å². The van der Waals surface area contributed by atoms with Crippen LogP contribution in [0.25, 0.3) is 0 Å². The zero-order chi connectivity index (χ0) is 16.0. The molecule has 1 N–H and O–H groups in total. The summed E-state index contributed by atoms with van der Waals surface area (Å²) in [5.41, 5.74) is 0.604. The van der Waals surface area contributed by atoms with Crippen LogP contribution in [0.4, 0.5) is 4.79 Å². The van der Waals surface area contributed by atoms with Crippen molar-refractivity contribution in [2.75, 3.05) is 40.3 Å². The number of nitrogens with zero attached hydrogens (tertiary/aromatic N) is 3. The Morgan fingerprint density at radius 2 is 1.95 bits per heavy atom. The van der Waals surface area contributed by atoms with E-state index in [1.165, 1.54) is 0 Å². The number of likely N-dealkylation sites (N-methyl/N-ethyl adjacent to an activating group) is 1. The van der Waals surface area contributed by atoms with Gasteiger partial charge >= 0.3 is 6.03 Å². The molecule has 0 aromatic heterocycles. The van der Waals surface area contributed by atoms with E-state index in [2.05, 4.69) is 11.4 Å². The second kappa shape index (κ2) is 7.28.